The number of aromatic nitrogens is 2. The number of nitrogens with two attached hydrogens (primary N) is 2. The lowest BCUT2D eigenvalue weighted by molar-refractivity contribution is -0.145. The maximum absolute atomic E-state index is 12.6. The number of carboxylic acid groups (broad SMARTS) is 1. The van der Waals surface area contributed by atoms with Gasteiger partial charge in [-0.1, -0.05) is 0 Å². The molecule has 0 aromatic carbocycles. The van der Waals surface area contributed by atoms with Gasteiger partial charge >= 0.3 is 5.97 Å². The smallest absolute Gasteiger partial charge is 0.328 e. The zero-order valence-corrected chi connectivity index (χ0v) is 16.1. The average molecular weight is 427 g/mol. The molecular formula is C16H25N7O7. The van der Waals surface area contributed by atoms with Crippen molar-refractivity contribution in [3.63, 3.8) is 0 Å². The molecule has 0 saturated heterocycles. The van der Waals surface area contributed by atoms with E-state index in [1.165, 1.54) is 19.4 Å². The number of aliphatic carboxylic acids is 1. The Balaban J connectivity index is 3.03. The fraction of sp³-hybridized carbons (Fsp3) is 0.500. The van der Waals surface area contributed by atoms with E-state index in [-0.39, 0.29) is 6.42 Å². The van der Waals surface area contributed by atoms with Crippen molar-refractivity contribution in [1.82, 2.24) is 25.9 Å². The summed E-state index contributed by atoms with van der Waals surface area (Å²) in [5.41, 5.74) is 10.7. The summed E-state index contributed by atoms with van der Waals surface area (Å²) in [4.78, 5) is 65.7. The zero-order chi connectivity index (χ0) is 22.8. The second kappa shape index (κ2) is 11.5. The van der Waals surface area contributed by atoms with Crippen molar-refractivity contribution in [3.8, 4) is 0 Å². The van der Waals surface area contributed by atoms with E-state index in [0.717, 1.165) is 0 Å². The van der Waals surface area contributed by atoms with Gasteiger partial charge in [0.2, 0.25) is 23.6 Å². The summed E-state index contributed by atoms with van der Waals surface area (Å²) < 4.78 is 0. The third-order valence-electron chi connectivity index (χ3n) is 3.90. The van der Waals surface area contributed by atoms with Crippen LogP contribution in [0.4, 0.5) is 0 Å². The number of rotatable bonds is 12. The molecule has 0 spiro atoms. The van der Waals surface area contributed by atoms with Gasteiger partial charge in [-0.25, -0.2) is 9.78 Å². The van der Waals surface area contributed by atoms with E-state index >= 15 is 0 Å². The first-order chi connectivity index (χ1) is 14.0. The molecule has 1 aromatic rings. The minimum atomic E-state index is -1.63. The Hall–Kier alpha value is -3.52. The predicted octanol–water partition coefficient (Wildman–Crippen LogP) is -4.29. The predicted molar refractivity (Wildman–Crippen MR) is 100 cm³/mol. The minimum absolute atomic E-state index is 0.127. The van der Waals surface area contributed by atoms with Crippen LogP contribution in [0.3, 0.4) is 0 Å². The molecule has 166 valence electrons. The number of carbonyl (C=O) groups is 5. The Morgan fingerprint density at radius 2 is 1.77 bits per heavy atom. The van der Waals surface area contributed by atoms with Gasteiger partial charge in [0.25, 0.3) is 0 Å². The summed E-state index contributed by atoms with van der Waals surface area (Å²) in [6, 6.07) is -4.36. The second-order valence-electron chi connectivity index (χ2n) is 6.40. The lowest BCUT2D eigenvalue weighted by Gasteiger charge is -2.24. The molecule has 0 saturated carbocycles. The molecule has 0 aliphatic rings. The van der Waals surface area contributed by atoms with Crippen molar-refractivity contribution in [2.45, 2.75) is 44.0 Å². The van der Waals surface area contributed by atoms with Crippen LogP contribution in [0.25, 0.3) is 0 Å². The van der Waals surface area contributed by atoms with Crippen LogP contribution >= 0.6 is 0 Å². The Kier molecular flexibility index (Phi) is 9.38. The summed E-state index contributed by atoms with van der Waals surface area (Å²) in [6.45, 7) is 0.724. The van der Waals surface area contributed by atoms with Crippen molar-refractivity contribution in [3.05, 3.63) is 18.2 Å². The second-order valence-corrected chi connectivity index (χ2v) is 6.40. The fourth-order valence-electron chi connectivity index (χ4n) is 2.40. The first-order valence-corrected chi connectivity index (χ1v) is 8.81. The van der Waals surface area contributed by atoms with E-state index in [4.69, 9.17) is 16.6 Å². The molecule has 1 heterocycles. The minimum Gasteiger partial charge on any atom is -0.480 e. The van der Waals surface area contributed by atoms with Crippen LogP contribution in [0.1, 0.15) is 19.0 Å². The van der Waals surface area contributed by atoms with Crippen molar-refractivity contribution in [1.29, 1.82) is 0 Å². The van der Waals surface area contributed by atoms with Gasteiger partial charge in [-0.15, -0.1) is 0 Å². The number of primary amides is 1. The van der Waals surface area contributed by atoms with E-state index in [0.29, 0.717) is 5.69 Å². The largest absolute Gasteiger partial charge is 0.480 e. The van der Waals surface area contributed by atoms with Crippen molar-refractivity contribution in [2.75, 3.05) is 6.54 Å². The highest BCUT2D eigenvalue weighted by Crippen LogP contribution is 2.03. The van der Waals surface area contributed by atoms with Crippen molar-refractivity contribution in [2.24, 2.45) is 11.5 Å². The molecule has 4 amide bonds. The Bertz CT molecular complexity index is 766. The highest BCUT2D eigenvalue weighted by atomic mass is 16.4. The topological polar surface area (TPSA) is 243 Å². The average Bonchev–Trinajstić information content (AvgIpc) is 3.16. The summed E-state index contributed by atoms with van der Waals surface area (Å²) in [7, 11) is 0. The summed E-state index contributed by atoms with van der Waals surface area (Å²) in [5, 5.41) is 25.4. The van der Waals surface area contributed by atoms with E-state index in [2.05, 4.69) is 25.9 Å². The molecule has 14 nitrogen and oxygen atoms in total. The van der Waals surface area contributed by atoms with Gasteiger partial charge in [-0.05, 0) is 6.92 Å². The molecule has 0 aliphatic heterocycles. The highest BCUT2D eigenvalue weighted by Gasteiger charge is 2.32. The Labute approximate surface area is 170 Å². The van der Waals surface area contributed by atoms with Gasteiger partial charge in [-0.3, -0.25) is 19.2 Å². The number of aromatic amines is 1. The first-order valence-electron chi connectivity index (χ1n) is 8.81. The number of hydrogen-bond acceptors (Lipinski definition) is 8. The first kappa shape index (κ1) is 24.5. The van der Waals surface area contributed by atoms with Gasteiger partial charge in [0, 0.05) is 18.3 Å². The number of H-pyrrole nitrogens is 1. The number of nitrogens with one attached hydrogen (secondary N) is 4. The Morgan fingerprint density at radius 3 is 2.23 bits per heavy atom. The SMILES string of the molecule is CC(O)C(NC(=O)C(Cc1cnc[nH]1)NC(=O)C(CC(N)=O)NC(=O)CN)C(=O)O. The van der Waals surface area contributed by atoms with Crippen LogP contribution in [0.5, 0.6) is 0 Å². The van der Waals surface area contributed by atoms with Crippen molar-refractivity contribution < 1.29 is 34.2 Å². The molecule has 0 radical (unpaired) electrons. The molecule has 0 bridgehead atoms. The maximum atomic E-state index is 12.6. The lowest BCUT2D eigenvalue weighted by Crippen LogP contribution is -2.58. The van der Waals surface area contributed by atoms with Crippen LogP contribution in [0.15, 0.2) is 12.5 Å². The molecule has 0 fully saturated rings. The summed E-state index contributed by atoms with van der Waals surface area (Å²) in [5.74, 6) is -4.94. The van der Waals surface area contributed by atoms with Gasteiger partial charge in [0.15, 0.2) is 6.04 Å². The van der Waals surface area contributed by atoms with Crippen LogP contribution in [0.2, 0.25) is 0 Å². The van der Waals surface area contributed by atoms with E-state index in [9.17, 15) is 29.1 Å². The molecule has 0 aliphatic carbocycles. The van der Waals surface area contributed by atoms with Crippen molar-refractivity contribution >= 4 is 29.6 Å². The third-order valence-corrected chi connectivity index (χ3v) is 3.90. The van der Waals surface area contributed by atoms with Crippen LogP contribution < -0.4 is 27.4 Å². The molecule has 14 heteroatoms. The molecule has 10 N–H and O–H groups in total. The number of aliphatic hydroxyl groups is 1. The summed E-state index contributed by atoms with van der Waals surface area (Å²) >= 11 is 0. The number of carboxylic acids is 1. The molecule has 4 atom stereocenters. The van der Waals surface area contributed by atoms with Crippen LogP contribution in [-0.4, -0.2) is 80.6 Å². The van der Waals surface area contributed by atoms with Gasteiger partial charge in [0.1, 0.15) is 12.1 Å². The monoisotopic (exact) mass is 427 g/mol. The lowest BCUT2D eigenvalue weighted by atomic mass is 10.1. The number of imidazole rings is 1. The molecule has 1 rings (SSSR count). The molecule has 4 unspecified atom stereocenters. The maximum Gasteiger partial charge on any atom is 0.328 e. The Morgan fingerprint density at radius 1 is 1.13 bits per heavy atom. The van der Waals surface area contributed by atoms with E-state index in [1.54, 1.807) is 0 Å². The van der Waals surface area contributed by atoms with E-state index in [1.807, 2.05) is 0 Å². The van der Waals surface area contributed by atoms with Gasteiger partial charge < -0.3 is 42.6 Å². The third kappa shape index (κ3) is 7.84. The number of carbonyl (C=O) groups excluding carboxylic acids is 4. The standard InChI is InChI=1S/C16H25N7O7/c1-7(24)13(16(29)30)23-15(28)9(2-8-5-19-6-20-8)22-14(27)10(3-11(18)25)21-12(26)4-17/h5-7,9-10,13,24H,2-4,17H2,1H3,(H2,18,25)(H,19,20)(H,21,26)(H,22,27)(H,23,28)(H,29,30). The summed E-state index contributed by atoms with van der Waals surface area (Å²) in [6.07, 6.45) is 0.618. The highest BCUT2D eigenvalue weighted by molar-refractivity contribution is 5.95. The van der Waals surface area contributed by atoms with E-state index < -0.39 is 66.8 Å². The normalized spacial score (nSPS) is 14.6. The quantitative estimate of drug-likeness (QED) is 0.161. The van der Waals surface area contributed by atoms with Gasteiger partial charge in [-0.2, -0.15) is 0 Å². The van der Waals surface area contributed by atoms with Gasteiger partial charge in [0.05, 0.1) is 25.4 Å². The fourth-order valence-corrected chi connectivity index (χ4v) is 2.40. The number of aliphatic hydroxyl groups excluding tert-OH is 1. The zero-order valence-electron chi connectivity index (χ0n) is 16.1. The molecular weight excluding hydrogens is 402 g/mol. The molecule has 1 aromatic heterocycles. The van der Waals surface area contributed by atoms with Crippen LogP contribution in [0, 0.1) is 0 Å². The number of amides is 4. The van der Waals surface area contributed by atoms with Crippen LogP contribution in [-0.2, 0) is 30.4 Å². The number of nitrogens with zero attached hydrogens (tertiary/aromatic N) is 1. The number of hydrogen-bond donors (Lipinski definition) is 8. The molecule has 30 heavy (non-hydrogen) atoms.